The van der Waals surface area contributed by atoms with Gasteiger partial charge in [-0.05, 0) is 45.4 Å². The molecule has 1 aromatic rings. The summed E-state index contributed by atoms with van der Waals surface area (Å²) in [5.41, 5.74) is 1.22. The molecule has 1 amide bonds. The Hall–Kier alpha value is -1.89. The largest absolute Gasteiger partial charge is 0.391 e. The van der Waals surface area contributed by atoms with E-state index in [0.29, 0.717) is 18.5 Å². The van der Waals surface area contributed by atoms with Gasteiger partial charge in [0.05, 0.1) is 18.3 Å². The lowest BCUT2D eigenvalue weighted by Gasteiger charge is -2.34. The molecule has 0 aliphatic heterocycles. The number of halogens is 4. The van der Waals surface area contributed by atoms with E-state index in [4.69, 9.17) is 11.6 Å². The van der Waals surface area contributed by atoms with Crippen LogP contribution in [0.4, 0.5) is 19.0 Å². The van der Waals surface area contributed by atoms with E-state index in [-0.39, 0.29) is 35.6 Å². The number of rotatable bonds is 4. The van der Waals surface area contributed by atoms with Crippen LogP contribution in [0.1, 0.15) is 39.5 Å². The number of hydrogen-bond donors (Lipinski definition) is 0. The third-order valence-corrected chi connectivity index (χ3v) is 4.61. The SMILES string of the molecule is C=C(C1CCC(C(F)(F)F)CC1)N(C(=O)C=C(C)C)c1cnc(Cl)cn1. The smallest absolute Gasteiger partial charge is 0.269 e. The second-order valence-electron chi connectivity index (χ2n) is 6.67. The first-order valence-corrected chi connectivity index (χ1v) is 8.69. The molecule has 0 N–H and O–H groups in total. The quantitative estimate of drug-likeness (QED) is 0.657. The van der Waals surface area contributed by atoms with E-state index in [1.54, 1.807) is 13.8 Å². The maximum Gasteiger partial charge on any atom is 0.391 e. The fourth-order valence-corrected chi connectivity index (χ4v) is 3.17. The van der Waals surface area contributed by atoms with E-state index in [0.717, 1.165) is 5.57 Å². The lowest BCUT2D eigenvalue weighted by atomic mass is 9.80. The highest BCUT2D eigenvalue weighted by Crippen LogP contribution is 2.42. The number of anilines is 1. The van der Waals surface area contributed by atoms with Gasteiger partial charge < -0.3 is 0 Å². The van der Waals surface area contributed by atoms with Crippen molar-refractivity contribution in [2.45, 2.75) is 45.7 Å². The van der Waals surface area contributed by atoms with E-state index in [2.05, 4.69) is 16.5 Å². The first-order valence-electron chi connectivity index (χ1n) is 8.31. The molecular formula is C18H21ClF3N3O. The summed E-state index contributed by atoms with van der Waals surface area (Å²) >= 11 is 5.75. The number of allylic oxidation sites excluding steroid dienone is 2. The Morgan fingerprint density at radius 1 is 1.23 bits per heavy atom. The highest BCUT2D eigenvalue weighted by Gasteiger charge is 2.42. The van der Waals surface area contributed by atoms with Crippen LogP contribution in [0.15, 0.2) is 36.3 Å². The Kier molecular flexibility index (Phi) is 6.44. The summed E-state index contributed by atoms with van der Waals surface area (Å²) in [5.74, 6) is -1.62. The zero-order valence-electron chi connectivity index (χ0n) is 14.7. The van der Waals surface area contributed by atoms with E-state index >= 15 is 0 Å². The van der Waals surface area contributed by atoms with E-state index in [9.17, 15) is 18.0 Å². The van der Waals surface area contributed by atoms with Gasteiger partial charge in [-0.25, -0.2) is 9.97 Å². The van der Waals surface area contributed by atoms with Gasteiger partial charge in [0.15, 0.2) is 5.82 Å². The average molecular weight is 388 g/mol. The third kappa shape index (κ3) is 5.06. The highest BCUT2D eigenvalue weighted by molar-refractivity contribution is 6.29. The number of carbonyl (C=O) groups excluding carboxylic acids is 1. The molecule has 0 atom stereocenters. The molecule has 0 spiro atoms. The van der Waals surface area contributed by atoms with E-state index in [1.165, 1.54) is 23.4 Å². The fraction of sp³-hybridized carbons (Fsp3) is 0.500. The predicted octanol–water partition coefficient (Wildman–Crippen LogP) is 5.31. The summed E-state index contributed by atoms with van der Waals surface area (Å²) in [6.45, 7) is 7.54. The van der Waals surface area contributed by atoms with Crippen LogP contribution < -0.4 is 4.90 Å². The van der Waals surface area contributed by atoms with Crippen molar-refractivity contribution in [3.05, 3.63) is 41.5 Å². The Balaban J connectivity index is 2.23. The molecular weight excluding hydrogens is 367 g/mol. The van der Waals surface area contributed by atoms with Gasteiger partial charge in [-0.2, -0.15) is 13.2 Å². The van der Waals surface area contributed by atoms with Crippen LogP contribution in [-0.2, 0) is 4.79 Å². The van der Waals surface area contributed by atoms with Gasteiger partial charge in [0, 0.05) is 11.8 Å². The van der Waals surface area contributed by atoms with Crippen molar-refractivity contribution in [2.24, 2.45) is 11.8 Å². The Morgan fingerprint density at radius 2 is 1.85 bits per heavy atom. The molecule has 0 radical (unpaired) electrons. The van der Waals surface area contributed by atoms with Crippen molar-refractivity contribution in [3.8, 4) is 0 Å². The second-order valence-corrected chi connectivity index (χ2v) is 7.06. The summed E-state index contributed by atoms with van der Waals surface area (Å²) < 4.78 is 38.6. The number of carbonyl (C=O) groups is 1. The minimum Gasteiger partial charge on any atom is -0.269 e. The first-order chi connectivity index (χ1) is 12.1. The Bertz CT molecular complexity index is 689. The molecule has 1 aliphatic carbocycles. The van der Waals surface area contributed by atoms with E-state index < -0.39 is 12.1 Å². The van der Waals surface area contributed by atoms with Gasteiger partial charge in [-0.3, -0.25) is 9.69 Å². The summed E-state index contributed by atoms with van der Waals surface area (Å²) in [5, 5.41) is 0.180. The van der Waals surface area contributed by atoms with Crippen molar-refractivity contribution in [2.75, 3.05) is 4.90 Å². The maximum absolute atomic E-state index is 12.9. The van der Waals surface area contributed by atoms with Gasteiger partial charge >= 0.3 is 6.18 Å². The maximum atomic E-state index is 12.9. The molecule has 1 fully saturated rings. The normalized spacial score (nSPS) is 20.4. The minimum atomic E-state index is -4.18. The van der Waals surface area contributed by atoms with E-state index in [1.807, 2.05) is 0 Å². The molecule has 0 bridgehead atoms. The molecule has 0 saturated heterocycles. The van der Waals surface area contributed by atoms with Crippen molar-refractivity contribution in [1.82, 2.24) is 9.97 Å². The van der Waals surface area contributed by atoms with Crippen molar-refractivity contribution < 1.29 is 18.0 Å². The Morgan fingerprint density at radius 3 is 2.31 bits per heavy atom. The highest BCUT2D eigenvalue weighted by atomic mass is 35.5. The number of nitrogens with zero attached hydrogens (tertiary/aromatic N) is 3. The van der Waals surface area contributed by atoms with Crippen LogP contribution in [0.3, 0.4) is 0 Å². The van der Waals surface area contributed by atoms with Crippen LogP contribution in [-0.4, -0.2) is 22.1 Å². The van der Waals surface area contributed by atoms with Gasteiger partial charge in [-0.15, -0.1) is 0 Å². The van der Waals surface area contributed by atoms with Crippen LogP contribution in [0.5, 0.6) is 0 Å². The number of hydrogen-bond acceptors (Lipinski definition) is 3. The number of amides is 1. The predicted molar refractivity (Wildman–Crippen MR) is 94.6 cm³/mol. The topological polar surface area (TPSA) is 46.1 Å². The molecule has 1 heterocycles. The Labute approximate surface area is 155 Å². The minimum absolute atomic E-state index is 0.0319. The fourth-order valence-electron chi connectivity index (χ4n) is 3.07. The van der Waals surface area contributed by atoms with Crippen LogP contribution >= 0.6 is 11.6 Å². The van der Waals surface area contributed by atoms with Crippen molar-refractivity contribution in [3.63, 3.8) is 0 Å². The number of alkyl halides is 3. The molecule has 4 nitrogen and oxygen atoms in total. The zero-order valence-corrected chi connectivity index (χ0v) is 15.4. The molecule has 0 unspecified atom stereocenters. The van der Waals surface area contributed by atoms with Crippen molar-refractivity contribution in [1.29, 1.82) is 0 Å². The van der Waals surface area contributed by atoms with Crippen molar-refractivity contribution >= 4 is 23.3 Å². The van der Waals surface area contributed by atoms with Gasteiger partial charge in [-0.1, -0.05) is 23.8 Å². The molecule has 8 heteroatoms. The molecule has 0 aromatic carbocycles. The summed E-state index contributed by atoms with van der Waals surface area (Å²) in [6.07, 6.45) is 0.632. The van der Waals surface area contributed by atoms with Gasteiger partial charge in [0.1, 0.15) is 5.15 Å². The summed E-state index contributed by atoms with van der Waals surface area (Å²) in [4.78, 5) is 22.0. The first kappa shape index (κ1) is 20.4. The molecule has 1 saturated carbocycles. The molecule has 142 valence electrons. The monoisotopic (exact) mass is 387 g/mol. The van der Waals surface area contributed by atoms with Gasteiger partial charge in [0.25, 0.3) is 5.91 Å². The molecule has 1 aromatic heterocycles. The van der Waals surface area contributed by atoms with Gasteiger partial charge in [0.2, 0.25) is 0 Å². The van der Waals surface area contributed by atoms with Crippen LogP contribution in [0.25, 0.3) is 0 Å². The lowest BCUT2D eigenvalue weighted by Crippen LogP contribution is -2.35. The molecule has 1 aliphatic rings. The third-order valence-electron chi connectivity index (χ3n) is 4.42. The average Bonchev–Trinajstić information content (AvgIpc) is 2.55. The standard InChI is InChI=1S/C18H21ClF3N3O/c1-11(2)8-17(26)25(16-10-23-15(19)9-24-16)12(3)13-4-6-14(7-5-13)18(20,21)22/h8-10,13-14H,3-7H2,1-2H3. The van der Waals surface area contributed by atoms with Crippen LogP contribution in [0.2, 0.25) is 5.15 Å². The molecule has 2 rings (SSSR count). The van der Waals surface area contributed by atoms with Crippen LogP contribution in [0, 0.1) is 11.8 Å². The summed E-state index contributed by atoms with van der Waals surface area (Å²) in [7, 11) is 0. The zero-order chi connectivity index (χ0) is 19.5. The summed E-state index contributed by atoms with van der Waals surface area (Å²) in [6, 6.07) is 0. The number of aromatic nitrogens is 2. The second kappa shape index (κ2) is 8.20. The molecule has 26 heavy (non-hydrogen) atoms. The lowest BCUT2D eigenvalue weighted by molar-refractivity contribution is -0.183.